The van der Waals surface area contributed by atoms with Crippen LogP contribution in [-0.2, 0) is 6.42 Å². The van der Waals surface area contributed by atoms with Crippen molar-refractivity contribution in [2.45, 2.75) is 38.6 Å². The standard InChI is InChI=1S/C13H22N2O/c1-4-5-12(14-2)7-6-11-8-13(16-3)10-15-9-11/h8-10,12,14H,4-7H2,1-3H3. The van der Waals surface area contributed by atoms with E-state index in [-0.39, 0.29) is 0 Å². The van der Waals surface area contributed by atoms with Gasteiger partial charge in [-0.3, -0.25) is 4.98 Å². The molecule has 1 atom stereocenters. The maximum atomic E-state index is 5.16. The van der Waals surface area contributed by atoms with Crippen LogP contribution in [0.15, 0.2) is 18.5 Å². The second-order valence-electron chi connectivity index (χ2n) is 4.05. The first-order valence-electron chi connectivity index (χ1n) is 5.95. The number of pyridine rings is 1. The van der Waals surface area contributed by atoms with Crippen LogP contribution >= 0.6 is 0 Å². The second-order valence-corrected chi connectivity index (χ2v) is 4.05. The normalized spacial score (nSPS) is 12.4. The molecule has 16 heavy (non-hydrogen) atoms. The Morgan fingerprint density at radius 1 is 1.38 bits per heavy atom. The van der Waals surface area contributed by atoms with E-state index in [9.17, 15) is 0 Å². The molecule has 0 amide bonds. The van der Waals surface area contributed by atoms with E-state index in [1.165, 1.54) is 18.4 Å². The Morgan fingerprint density at radius 2 is 2.19 bits per heavy atom. The van der Waals surface area contributed by atoms with Gasteiger partial charge in [0.25, 0.3) is 0 Å². The van der Waals surface area contributed by atoms with Gasteiger partial charge in [0.2, 0.25) is 0 Å². The lowest BCUT2D eigenvalue weighted by molar-refractivity contribution is 0.411. The summed E-state index contributed by atoms with van der Waals surface area (Å²) in [7, 11) is 3.71. The summed E-state index contributed by atoms with van der Waals surface area (Å²) in [6.45, 7) is 2.22. The molecule has 0 aromatic carbocycles. The molecule has 0 bridgehead atoms. The highest BCUT2D eigenvalue weighted by Crippen LogP contribution is 2.13. The van der Waals surface area contributed by atoms with Gasteiger partial charge >= 0.3 is 0 Å². The lowest BCUT2D eigenvalue weighted by atomic mass is 10.0. The van der Waals surface area contributed by atoms with Gasteiger partial charge in [-0.2, -0.15) is 0 Å². The van der Waals surface area contributed by atoms with Crippen molar-refractivity contribution in [2.24, 2.45) is 0 Å². The number of aromatic nitrogens is 1. The lowest BCUT2D eigenvalue weighted by Crippen LogP contribution is -2.25. The minimum absolute atomic E-state index is 0.608. The summed E-state index contributed by atoms with van der Waals surface area (Å²) in [5.41, 5.74) is 1.25. The summed E-state index contributed by atoms with van der Waals surface area (Å²) in [6.07, 6.45) is 8.32. The van der Waals surface area contributed by atoms with Gasteiger partial charge in [0.05, 0.1) is 13.3 Å². The molecule has 1 aromatic heterocycles. The molecule has 0 saturated heterocycles. The summed E-state index contributed by atoms with van der Waals surface area (Å²) < 4.78 is 5.16. The Labute approximate surface area is 98.2 Å². The molecule has 0 aliphatic heterocycles. The molecule has 0 aliphatic rings. The van der Waals surface area contributed by atoms with Gasteiger partial charge in [-0.05, 0) is 37.9 Å². The van der Waals surface area contributed by atoms with E-state index < -0.39 is 0 Å². The quantitative estimate of drug-likeness (QED) is 0.769. The molecule has 3 nitrogen and oxygen atoms in total. The van der Waals surface area contributed by atoms with Gasteiger partial charge in [-0.15, -0.1) is 0 Å². The average molecular weight is 222 g/mol. The van der Waals surface area contributed by atoms with Crippen molar-refractivity contribution in [3.05, 3.63) is 24.0 Å². The maximum Gasteiger partial charge on any atom is 0.137 e. The molecule has 1 aromatic rings. The van der Waals surface area contributed by atoms with E-state index in [4.69, 9.17) is 4.74 Å². The van der Waals surface area contributed by atoms with Crippen molar-refractivity contribution >= 4 is 0 Å². The predicted molar refractivity (Wildman–Crippen MR) is 66.9 cm³/mol. The van der Waals surface area contributed by atoms with Crippen LogP contribution in [0.1, 0.15) is 31.7 Å². The largest absolute Gasteiger partial charge is 0.495 e. The van der Waals surface area contributed by atoms with Crippen LogP contribution in [0, 0.1) is 0 Å². The van der Waals surface area contributed by atoms with Crippen molar-refractivity contribution in [2.75, 3.05) is 14.2 Å². The summed E-state index contributed by atoms with van der Waals surface area (Å²) in [5.74, 6) is 0.842. The molecular weight excluding hydrogens is 200 g/mol. The molecule has 0 saturated carbocycles. The smallest absolute Gasteiger partial charge is 0.137 e. The lowest BCUT2D eigenvalue weighted by Gasteiger charge is -2.14. The van der Waals surface area contributed by atoms with Crippen LogP contribution in [0.4, 0.5) is 0 Å². The molecule has 0 aliphatic carbocycles. The van der Waals surface area contributed by atoms with Crippen LogP contribution in [0.3, 0.4) is 0 Å². The molecule has 1 unspecified atom stereocenters. The highest BCUT2D eigenvalue weighted by atomic mass is 16.5. The minimum atomic E-state index is 0.608. The summed E-state index contributed by atoms with van der Waals surface area (Å²) in [4.78, 5) is 4.16. The highest BCUT2D eigenvalue weighted by molar-refractivity contribution is 5.23. The maximum absolute atomic E-state index is 5.16. The zero-order valence-electron chi connectivity index (χ0n) is 10.5. The molecule has 1 heterocycles. The number of hydrogen-bond acceptors (Lipinski definition) is 3. The van der Waals surface area contributed by atoms with E-state index in [0.717, 1.165) is 18.6 Å². The van der Waals surface area contributed by atoms with Gasteiger partial charge in [-0.25, -0.2) is 0 Å². The first kappa shape index (κ1) is 13.0. The van der Waals surface area contributed by atoms with E-state index in [0.29, 0.717) is 6.04 Å². The van der Waals surface area contributed by atoms with Crippen molar-refractivity contribution in [1.82, 2.24) is 10.3 Å². The van der Waals surface area contributed by atoms with E-state index >= 15 is 0 Å². The number of nitrogens with zero attached hydrogens (tertiary/aromatic N) is 1. The number of methoxy groups -OCH3 is 1. The Kier molecular flexibility index (Phi) is 5.86. The Balaban J connectivity index is 2.46. The highest BCUT2D eigenvalue weighted by Gasteiger charge is 2.05. The number of rotatable bonds is 7. The zero-order chi connectivity index (χ0) is 11.8. The second kappa shape index (κ2) is 7.23. The van der Waals surface area contributed by atoms with Crippen molar-refractivity contribution in [3.63, 3.8) is 0 Å². The van der Waals surface area contributed by atoms with Crippen LogP contribution < -0.4 is 10.1 Å². The fourth-order valence-corrected chi connectivity index (χ4v) is 1.83. The number of ether oxygens (including phenoxy) is 1. The topological polar surface area (TPSA) is 34.1 Å². The van der Waals surface area contributed by atoms with Crippen LogP contribution in [-0.4, -0.2) is 25.2 Å². The molecule has 0 radical (unpaired) electrons. The molecule has 3 heteroatoms. The van der Waals surface area contributed by atoms with Crippen molar-refractivity contribution < 1.29 is 4.74 Å². The van der Waals surface area contributed by atoms with Gasteiger partial charge in [0.15, 0.2) is 0 Å². The van der Waals surface area contributed by atoms with Crippen LogP contribution in [0.25, 0.3) is 0 Å². The molecule has 1 N–H and O–H groups in total. The van der Waals surface area contributed by atoms with E-state index in [1.807, 2.05) is 13.2 Å². The summed E-state index contributed by atoms with van der Waals surface area (Å²) in [5, 5.41) is 3.35. The van der Waals surface area contributed by atoms with E-state index in [2.05, 4.69) is 23.3 Å². The molecule has 0 spiro atoms. The zero-order valence-corrected chi connectivity index (χ0v) is 10.5. The number of hydrogen-bond donors (Lipinski definition) is 1. The Bertz CT molecular complexity index is 302. The summed E-state index contributed by atoms with van der Waals surface area (Å²) >= 11 is 0. The van der Waals surface area contributed by atoms with Gasteiger partial charge < -0.3 is 10.1 Å². The molecular formula is C13H22N2O. The van der Waals surface area contributed by atoms with Gasteiger partial charge in [0, 0.05) is 12.2 Å². The average Bonchev–Trinajstić information content (AvgIpc) is 2.34. The first-order valence-corrected chi connectivity index (χ1v) is 5.95. The minimum Gasteiger partial charge on any atom is -0.495 e. The van der Waals surface area contributed by atoms with Gasteiger partial charge in [-0.1, -0.05) is 13.3 Å². The monoisotopic (exact) mass is 222 g/mol. The summed E-state index contributed by atoms with van der Waals surface area (Å²) in [6, 6.07) is 2.67. The Hall–Kier alpha value is -1.09. The first-order chi connectivity index (χ1) is 7.80. The Morgan fingerprint density at radius 3 is 2.81 bits per heavy atom. The van der Waals surface area contributed by atoms with Crippen LogP contribution in [0.2, 0.25) is 0 Å². The molecule has 0 fully saturated rings. The predicted octanol–water partition coefficient (Wildman–Crippen LogP) is 2.41. The number of aryl methyl sites for hydroxylation is 1. The van der Waals surface area contributed by atoms with Crippen molar-refractivity contribution in [3.8, 4) is 5.75 Å². The third-order valence-electron chi connectivity index (χ3n) is 2.83. The van der Waals surface area contributed by atoms with E-state index in [1.54, 1.807) is 13.3 Å². The molecule has 1 rings (SSSR count). The van der Waals surface area contributed by atoms with Gasteiger partial charge in [0.1, 0.15) is 5.75 Å². The fraction of sp³-hybridized carbons (Fsp3) is 0.615. The SMILES string of the molecule is CCCC(CCc1cncc(OC)c1)NC. The van der Waals surface area contributed by atoms with Crippen LogP contribution in [0.5, 0.6) is 5.75 Å². The molecule has 90 valence electrons. The number of nitrogens with one attached hydrogen (secondary N) is 1. The fourth-order valence-electron chi connectivity index (χ4n) is 1.83. The van der Waals surface area contributed by atoms with Crippen molar-refractivity contribution in [1.29, 1.82) is 0 Å². The third-order valence-corrected chi connectivity index (χ3v) is 2.83. The third kappa shape index (κ3) is 4.19.